The van der Waals surface area contributed by atoms with Gasteiger partial charge in [0.2, 0.25) is 0 Å². The molecule has 24 heavy (non-hydrogen) atoms. The Balaban J connectivity index is 1.58. The van der Waals surface area contributed by atoms with Crippen LogP contribution in [-0.4, -0.2) is 19.1 Å². The number of nitrogens with zero attached hydrogens (tertiary/aromatic N) is 1. The van der Waals surface area contributed by atoms with Crippen molar-refractivity contribution in [2.24, 2.45) is 10.7 Å². The number of nitrogens with one attached hydrogen (secondary N) is 1. The molecule has 2 aromatic carbocycles. The zero-order valence-electron chi connectivity index (χ0n) is 14.5. The molecule has 0 aliphatic heterocycles. The SMILES string of the molecule is COc1ccc(NC(N)=NC2CC2c2ccc(C(C)C)cc2)cc1. The fourth-order valence-electron chi connectivity index (χ4n) is 2.84. The Labute approximate surface area is 143 Å². The molecule has 0 heterocycles. The van der Waals surface area contributed by atoms with Crippen LogP contribution < -0.4 is 15.8 Å². The topological polar surface area (TPSA) is 59.6 Å². The highest BCUT2D eigenvalue weighted by atomic mass is 16.5. The lowest BCUT2D eigenvalue weighted by molar-refractivity contribution is 0.415. The van der Waals surface area contributed by atoms with Crippen molar-refractivity contribution in [3.8, 4) is 5.75 Å². The summed E-state index contributed by atoms with van der Waals surface area (Å²) >= 11 is 0. The summed E-state index contributed by atoms with van der Waals surface area (Å²) in [6.45, 7) is 4.43. The summed E-state index contributed by atoms with van der Waals surface area (Å²) in [4.78, 5) is 4.59. The summed E-state index contributed by atoms with van der Waals surface area (Å²) in [6.07, 6.45) is 1.06. The van der Waals surface area contributed by atoms with Crippen LogP contribution in [0.15, 0.2) is 53.5 Å². The predicted molar refractivity (Wildman–Crippen MR) is 99.9 cm³/mol. The molecule has 2 aromatic rings. The lowest BCUT2D eigenvalue weighted by atomic mass is 10.0. The molecule has 0 radical (unpaired) electrons. The van der Waals surface area contributed by atoms with Crippen LogP contribution in [0.3, 0.4) is 0 Å². The average Bonchev–Trinajstić information content (AvgIpc) is 3.34. The van der Waals surface area contributed by atoms with Gasteiger partial charge in [-0.05, 0) is 47.7 Å². The number of methoxy groups -OCH3 is 1. The largest absolute Gasteiger partial charge is 0.497 e. The van der Waals surface area contributed by atoms with E-state index in [1.165, 1.54) is 11.1 Å². The Bertz CT molecular complexity index is 705. The van der Waals surface area contributed by atoms with E-state index in [-0.39, 0.29) is 6.04 Å². The van der Waals surface area contributed by atoms with Gasteiger partial charge in [-0.3, -0.25) is 0 Å². The third-order valence-corrected chi connectivity index (χ3v) is 4.46. The molecule has 2 atom stereocenters. The molecule has 1 saturated carbocycles. The molecule has 1 aliphatic carbocycles. The van der Waals surface area contributed by atoms with Gasteiger partial charge in [0.1, 0.15) is 5.75 Å². The number of anilines is 1. The Morgan fingerprint density at radius 3 is 2.38 bits per heavy atom. The van der Waals surface area contributed by atoms with Crippen molar-refractivity contribution in [2.45, 2.75) is 38.1 Å². The van der Waals surface area contributed by atoms with Crippen LogP contribution in [0, 0.1) is 0 Å². The van der Waals surface area contributed by atoms with Gasteiger partial charge in [0.15, 0.2) is 5.96 Å². The van der Waals surface area contributed by atoms with Crippen molar-refractivity contribution < 1.29 is 4.74 Å². The molecule has 0 saturated heterocycles. The minimum atomic E-state index is 0.278. The Morgan fingerprint density at radius 2 is 1.79 bits per heavy atom. The fraction of sp³-hybridized carbons (Fsp3) is 0.350. The zero-order chi connectivity index (χ0) is 17.1. The van der Waals surface area contributed by atoms with E-state index in [4.69, 9.17) is 10.5 Å². The van der Waals surface area contributed by atoms with Gasteiger partial charge in [-0.2, -0.15) is 0 Å². The molecule has 0 aromatic heterocycles. The van der Waals surface area contributed by atoms with Gasteiger partial charge >= 0.3 is 0 Å². The van der Waals surface area contributed by atoms with Crippen molar-refractivity contribution in [3.63, 3.8) is 0 Å². The second-order valence-electron chi connectivity index (χ2n) is 6.60. The third kappa shape index (κ3) is 3.88. The Kier molecular flexibility index (Phi) is 4.74. The number of hydrogen-bond donors (Lipinski definition) is 2. The molecule has 3 rings (SSSR count). The van der Waals surface area contributed by atoms with E-state index in [9.17, 15) is 0 Å². The first-order valence-corrected chi connectivity index (χ1v) is 8.41. The van der Waals surface area contributed by atoms with Crippen LogP contribution in [0.2, 0.25) is 0 Å². The molecule has 2 unspecified atom stereocenters. The fourth-order valence-corrected chi connectivity index (χ4v) is 2.84. The first kappa shape index (κ1) is 16.4. The molecule has 4 heteroatoms. The van der Waals surface area contributed by atoms with Crippen LogP contribution in [-0.2, 0) is 0 Å². The van der Waals surface area contributed by atoms with Crippen molar-refractivity contribution >= 4 is 11.6 Å². The summed E-state index contributed by atoms with van der Waals surface area (Å²) in [5.74, 6) is 2.34. The quantitative estimate of drug-likeness (QED) is 0.643. The standard InChI is InChI=1S/C20H25N3O/c1-13(2)14-4-6-15(7-5-14)18-12-19(18)23-20(21)22-16-8-10-17(24-3)11-9-16/h4-11,13,18-19H,12H2,1-3H3,(H3,21,22,23). The lowest BCUT2D eigenvalue weighted by Gasteiger charge is -2.07. The molecule has 4 nitrogen and oxygen atoms in total. The number of nitrogens with two attached hydrogens (primary N) is 1. The van der Waals surface area contributed by atoms with Gasteiger partial charge in [0.05, 0.1) is 13.2 Å². The van der Waals surface area contributed by atoms with E-state index in [1.807, 2.05) is 24.3 Å². The van der Waals surface area contributed by atoms with Crippen LogP contribution in [0.25, 0.3) is 0 Å². The number of hydrogen-bond acceptors (Lipinski definition) is 2. The van der Waals surface area contributed by atoms with E-state index >= 15 is 0 Å². The zero-order valence-corrected chi connectivity index (χ0v) is 14.5. The molecular formula is C20H25N3O. The highest BCUT2D eigenvalue weighted by molar-refractivity contribution is 5.92. The minimum absolute atomic E-state index is 0.278. The minimum Gasteiger partial charge on any atom is -0.497 e. The molecule has 1 fully saturated rings. The molecule has 1 aliphatic rings. The van der Waals surface area contributed by atoms with Crippen LogP contribution in [0.4, 0.5) is 5.69 Å². The van der Waals surface area contributed by atoms with Gasteiger partial charge in [-0.25, -0.2) is 4.99 Å². The van der Waals surface area contributed by atoms with Gasteiger partial charge in [-0.15, -0.1) is 0 Å². The number of ether oxygens (including phenoxy) is 1. The monoisotopic (exact) mass is 323 g/mol. The van der Waals surface area contributed by atoms with Crippen molar-refractivity contribution in [3.05, 3.63) is 59.7 Å². The number of guanidine groups is 1. The van der Waals surface area contributed by atoms with E-state index in [0.717, 1.165) is 17.9 Å². The molecule has 3 N–H and O–H groups in total. The first-order chi connectivity index (χ1) is 11.6. The van der Waals surface area contributed by atoms with Gasteiger partial charge in [0, 0.05) is 11.6 Å². The van der Waals surface area contributed by atoms with Gasteiger partial charge in [-0.1, -0.05) is 38.1 Å². The highest BCUT2D eigenvalue weighted by Crippen LogP contribution is 2.43. The van der Waals surface area contributed by atoms with Crippen LogP contribution >= 0.6 is 0 Å². The number of rotatable bonds is 5. The first-order valence-electron chi connectivity index (χ1n) is 8.41. The van der Waals surface area contributed by atoms with Gasteiger partial charge < -0.3 is 15.8 Å². The van der Waals surface area contributed by atoms with E-state index in [2.05, 4.69) is 48.4 Å². The summed E-state index contributed by atoms with van der Waals surface area (Å²) < 4.78 is 5.15. The number of aliphatic imine (C=N–C) groups is 1. The van der Waals surface area contributed by atoms with E-state index < -0.39 is 0 Å². The molecule has 0 bridgehead atoms. The molecule has 0 amide bonds. The van der Waals surface area contributed by atoms with E-state index in [1.54, 1.807) is 7.11 Å². The lowest BCUT2D eigenvalue weighted by Crippen LogP contribution is -2.23. The molecule has 0 spiro atoms. The second-order valence-corrected chi connectivity index (χ2v) is 6.60. The summed E-state index contributed by atoms with van der Waals surface area (Å²) in [5, 5.41) is 3.13. The maximum atomic E-state index is 6.03. The Hall–Kier alpha value is -2.49. The molecule has 126 valence electrons. The van der Waals surface area contributed by atoms with Crippen molar-refractivity contribution in [1.82, 2.24) is 0 Å². The maximum Gasteiger partial charge on any atom is 0.193 e. The predicted octanol–water partition coefficient (Wildman–Crippen LogP) is 4.10. The van der Waals surface area contributed by atoms with Crippen LogP contribution in [0.5, 0.6) is 5.75 Å². The average molecular weight is 323 g/mol. The van der Waals surface area contributed by atoms with Crippen LogP contribution in [0.1, 0.15) is 43.2 Å². The third-order valence-electron chi connectivity index (χ3n) is 4.46. The smallest absolute Gasteiger partial charge is 0.193 e. The summed E-state index contributed by atoms with van der Waals surface area (Å²) in [6, 6.07) is 16.8. The van der Waals surface area contributed by atoms with Crippen molar-refractivity contribution in [2.75, 3.05) is 12.4 Å². The maximum absolute atomic E-state index is 6.03. The summed E-state index contributed by atoms with van der Waals surface area (Å²) in [7, 11) is 1.65. The Morgan fingerprint density at radius 1 is 1.12 bits per heavy atom. The number of benzene rings is 2. The van der Waals surface area contributed by atoms with E-state index in [0.29, 0.717) is 17.8 Å². The second kappa shape index (κ2) is 6.95. The summed E-state index contributed by atoms with van der Waals surface area (Å²) in [5.41, 5.74) is 9.67. The van der Waals surface area contributed by atoms with Gasteiger partial charge in [0.25, 0.3) is 0 Å². The molecular weight excluding hydrogens is 298 g/mol. The normalized spacial score (nSPS) is 20.1. The van der Waals surface area contributed by atoms with Crippen molar-refractivity contribution in [1.29, 1.82) is 0 Å². The highest BCUT2D eigenvalue weighted by Gasteiger charge is 2.38.